The van der Waals surface area contributed by atoms with Crippen LogP contribution >= 0.6 is 0 Å². The molecule has 0 spiro atoms. The van der Waals surface area contributed by atoms with Crippen LogP contribution in [0, 0.1) is 16.7 Å². The molecule has 2 heterocycles. The Bertz CT molecular complexity index is 1360. The highest BCUT2D eigenvalue weighted by Gasteiger charge is 2.46. The Hall–Kier alpha value is -4.09. The fourth-order valence-electron chi connectivity index (χ4n) is 6.86. The number of amides is 5. The Morgan fingerprint density at radius 2 is 1.65 bits per heavy atom. The van der Waals surface area contributed by atoms with Crippen LogP contribution in [0.25, 0.3) is 0 Å². The van der Waals surface area contributed by atoms with Crippen LogP contribution in [-0.2, 0) is 24.0 Å². The topological polar surface area (TPSA) is 167 Å². The predicted octanol–water partition coefficient (Wildman–Crippen LogP) is 2.83. The first-order valence-corrected chi connectivity index (χ1v) is 17.3. The monoisotopic (exact) mass is 664 g/mol. The second-order valence-corrected chi connectivity index (χ2v) is 15.0. The van der Waals surface area contributed by atoms with E-state index in [0.29, 0.717) is 31.4 Å². The van der Waals surface area contributed by atoms with Gasteiger partial charge in [-0.1, -0.05) is 65.9 Å². The molecule has 1 aliphatic heterocycles. The van der Waals surface area contributed by atoms with Crippen molar-refractivity contribution >= 4 is 35.3 Å². The second-order valence-electron chi connectivity index (χ2n) is 15.0. The fraction of sp³-hybridized carbons (Fsp3) is 0.639. The number of carbonyl (C=O) groups is 6. The van der Waals surface area contributed by atoms with Crippen LogP contribution < -0.4 is 21.3 Å². The lowest BCUT2D eigenvalue weighted by Gasteiger charge is -2.42. The van der Waals surface area contributed by atoms with Gasteiger partial charge in [0.1, 0.15) is 18.1 Å². The summed E-state index contributed by atoms with van der Waals surface area (Å²) in [6, 6.07) is -0.571. The van der Waals surface area contributed by atoms with Gasteiger partial charge in [-0.05, 0) is 61.0 Å². The predicted molar refractivity (Wildman–Crippen MR) is 180 cm³/mol. The first-order chi connectivity index (χ1) is 22.7. The molecular formula is C36H52N6O6. The van der Waals surface area contributed by atoms with E-state index in [9.17, 15) is 28.8 Å². The molecule has 5 amide bonds. The molecule has 48 heavy (non-hydrogen) atoms. The molecule has 262 valence electrons. The average Bonchev–Trinajstić information content (AvgIpc) is 3.74. The van der Waals surface area contributed by atoms with Gasteiger partial charge >= 0.3 is 0 Å². The number of ketones is 1. The number of carbonyl (C=O) groups excluding carboxylic acids is 6. The van der Waals surface area contributed by atoms with Gasteiger partial charge in [0.05, 0.1) is 6.04 Å². The van der Waals surface area contributed by atoms with Gasteiger partial charge in [-0.15, -0.1) is 6.58 Å². The van der Waals surface area contributed by atoms with Gasteiger partial charge in [0.25, 0.3) is 11.8 Å². The lowest BCUT2D eigenvalue weighted by Crippen LogP contribution is -2.63. The molecule has 1 aromatic rings. The maximum Gasteiger partial charge on any atom is 0.289 e. The molecule has 4 rings (SSSR count). The van der Waals surface area contributed by atoms with E-state index in [4.69, 9.17) is 0 Å². The van der Waals surface area contributed by atoms with E-state index in [1.807, 2.05) is 27.7 Å². The first kappa shape index (κ1) is 36.7. The summed E-state index contributed by atoms with van der Waals surface area (Å²) in [6.07, 6.45) is 12.1. The third-order valence-corrected chi connectivity index (χ3v) is 9.94. The molecule has 1 saturated heterocycles. The molecule has 2 aliphatic carbocycles. The van der Waals surface area contributed by atoms with E-state index in [1.54, 1.807) is 12.1 Å². The molecule has 12 nitrogen and oxygen atoms in total. The van der Waals surface area contributed by atoms with Crippen molar-refractivity contribution in [3.05, 3.63) is 42.7 Å². The van der Waals surface area contributed by atoms with Gasteiger partial charge in [-0.2, -0.15) is 0 Å². The number of pyridine rings is 1. The van der Waals surface area contributed by atoms with Gasteiger partial charge in [0.15, 0.2) is 0 Å². The van der Waals surface area contributed by atoms with E-state index in [2.05, 4.69) is 32.8 Å². The highest BCUT2D eigenvalue weighted by Crippen LogP contribution is 2.39. The summed E-state index contributed by atoms with van der Waals surface area (Å²) >= 11 is 0. The zero-order valence-corrected chi connectivity index (χ0v) is 28.8. The number of aromatic nitrogens is 1. The number of nitrogens with one attached hydrogen (secondary N) is 4. The minimum absolute atomic E-state index is 0.132. The van der Waals surface area contributed by atoms with Gasteiger partial charge in [0, 0.05) is 31.0 Å². The van der Waals surface area contributed by atoms with E-state index < -0.39 is 70.3 Å². The van der Waals surface area contributed by atoms with E-state index >= 15 is 0 Å². The summed E-state index contributed by atoms with van der Waals surface area (Å²) in [5, 5.41) is 11.2. The molecule has 0 radical (unpaired) electrons. The zero-order valence-electron chi connectivity index (χ0n) is 28.8. The molecule has 4 atom stereocenters. The van der Waals surface area contributed by atoms with Gasteiger partial charge in [-0.3, -0.25) is 33.8 Å². The zero-order chi connectivity index (χ0) is 35.1. The van der Waals surface area contributed by atoms with Crippen molar-refractivity contribution < 1.29 is 28.8 Å². The molecule has 2 saturated carbocycles. The Kier molecular flexibility index (Phi) is 12.1. The normalized spacial score (nSPS) is 20.8. The fourth-order valence-corrected chi connectivity index (χ4v) is 6.86. The molecule has 3 aliphatic rings. The molecule has 1 unspecified atom stereocenters. The number of rotatable bonds is 14. The molecule has 4 N–H and O–H groups in total. The van der Waals surface area contributed by atoms with Crippen molar-refractivity contribution in [2.75, 3.05) is 13.1 Å². The van der Waals surface area contributed by atoms with Crippen LogP contribution in [0.3, 0.4) is 0 Å². The minimum atomic E-state index is -1.00. The number of hydrogen-bond acceptors (Lipinski definition) is 7. The molecule has 12 heteroatoms. The van der Waals surface area contributed by atoms with Crippen molar-refractivity contribution in [1.29, 1.82) is 0 Å². The Labute approximate surface area is 283 Å². The van der Waals surface area contributed by atoms with Crippen molar-refractivity contribution in [3.63, 3.8) is 0 Å². The first-order valence-electron chi connectivity index (χ1n) is 17.3. The molecule has 3 fully saturated rings. The number of Topliss-reactive ketones (excluding diaryl/α,β-unsaturated/α-hetero) is 1. The van der Waals surface area contributed by atoms with E-state index in [0.717, 1.165) is 44.9 Å². The van der Waals surface area contributed by atoms with Crippen LogP contribution in [0.5, 0.6) is 0 Å². The molecule has 1 aromatic heterocycles. The largest absolute Gasteiger partial charge is 0.346 e. The Morgan fingerprint density at radius 3 is 2.25 bits per heavy atom. The number of nitrogens with zero attached hydrogens (tertiary/aromatic N) is 2. The summed E-state index contributed by atoms with van der Waals surface area (Å²) in [4.78, 5) is 86.4. The summed E-state index contributed by atoms with van der Waals surface area (Å²) in [7, 11) is 0. The quantitative estimate of drug-likeness (QED) is 0.175. The maximum atomic E-state index is 14.3. The van der Waals surface area contributed by atoms with Crippen molar-refractivity contribution in [2.45, 2.75) is 116 Å². The highest BCUT2D eigenvalue weighted by atomic mass is 16.2. The van der Waals surface area contributed by atoms with E-state index in [-0.39, 0.29) is 12.5 Å². The number of hydrogen-bond donors (Lipinski definition) is 4. The van der Waals surface area contributed by atoms with Crippen molar-refractivity contribution in [2.24, 2.45) is 16.7 Å². The van der Waals surface area contributed by atoms with Crippen LogP contribution in [0.15, 0.2) is 37.2 Å². The highest BCUT2D eigenvalue weighted by molar-refractivity contribution is 6.38. The summed E-state index contributed by atoms with van der Waals surface area (Å²) < 4.78 is 0. The third kappa shape index (κ3) is 9.29. The van der Waals surface area contributed by atoms with Crippen LogP contribution in [0.1, 0.15) is 102 Å². The van der Waals surface area contributed by atoms with Crippen LogP contribution in [0.4, 0.5) is 0 Å². The molecule has 0 aromatic carbocycles. The van der Waals surface area contributed by atoms with Crippen molar-refractivity contribution in [3.8, 4) is 0 Å². The summed E-state index contributed by atoms with van der Waals surface area (Å²) in [5.41, 5.74) is -0.876. The maximum absolute atomic E-state index is 14.3. The number of likely N-dealkylation sites (tertiary alicyclic amines) is 1. The minimum Gasteiger partial charge on any atom is -0.346 e. The molecular weight excluding hydrogens is 612 g/mol. The van der Waals surface area contributed by atoms with Gasteiger partial charge in [0.2, 0.25) is 23.5 Å². The Morgan fingerprint density at radius 1 is 0.979 bits per heavy atom. The van der Waals surface area contributed by atoms with Gasteiger partial charge < -0.3 is 26.2 Å². The standard InChI is InChI=1S/C36H52N6O6/c1-6-18-38-32(46)27(43)25(22-23-12-13-23)39-31(45)26-11-10-21-42(26)34(48)29(35(2,3)4)41-33(47)28(36(5)16-8-7-9-17-36)40-30(44)24-14-19-37-20-15-24/h6,14-15,19-20,23,25-26,28-29H,1,7-13,16-18,21-22H2,2-5H3,(H,38,46)(H,39,45)(H,40,44)(H,41,47)/t25?,26-,28+,29+/m0/s1. The lowest BCUT2D eigenvalue weighted by molar-refractivity contribution is -0.145. The van der Waals surface area contributed by atoms with Gasteiger partial charge in [-0.25, -0.2) is 0 Å². The molecule has 0 bridgehead atoms. The smallest absolute Gasteiger partial charge is 0.289 e. The SMILES string of the molecule is C=CCNC(=O)C(=O)C(CC1CC1)NC(=O)[C@@H]1CCCN1C(=O)[C@@H](NC(=O)[C@@H](NC(=O)c1ccncc1)C1(C)CCCCC1)C(C)(C)C. The Balaban J connectivity index is 1.52. The van der Waals surface area contributed by atoms with Crippen molar-refractivity contribution in [1.82, 2.24) is 31.2 Å². The lowest BCUT2D eigenvalue weighted by atomic mass is 9.70. The summed E-state index contributed by atoms with van der Waals surface area (Å²) in [6.45, 7) is 11.5. The van der Waals surface area contributed by atoms with E-state index in [1.165, 1.54) is 23.4 Å². The van der Waals surface area contributed by atoms with Crippen LogP contribution in [0.2, 0.25) is 0 Å². The second kappa shape index (κ2) is 15.9. The van der Waals surface area contributed by atoms with Crippen LogP contribution in [-0.4, -0.2) is 82.5 Å². The third-order valence-electron chi connectivity index (χ3n) is 9.94. The average molecular weight is 665 g/mol. The summed E-state index contributed by atoms with van der Waals surface area (Å²) in [5.74, 6) is -2.99.